The van der Waals surface area contributed by atoms with E-state index in [9.17, 15) is 4.79 Å². The zero-order valence-corrected chi connectivity index (χ0v) is 11.6. The molecule has 1 atom stereocenters. The monoisotopic (exact) mass is 264 g/mol. The fourth-order valence-electron chi connectivity index (χ4n) is 2.20. The van der Waals surface area contributed by atoms with E-state index in [-0.39, 0.29) is 12.5 Å². The average Bonchev–Trinajstić information content (AvgIpc) is 2.72. The van der Waals surface area contributed by atoms with Gasteiger partial charge in [0.2, 0.25) is 0 Å². The quantitative estimate of drug-likeness (QED) is 0.842. The van der Waals surface area contributed by atoms with Crippen LogP contribution in [0.2, 0.25) is 0 Å². The van der Waals surface area contributed by atoms with Crippen molar-refractivity contribution in [3.63, 3.8) is 0 Å². The van der Waals surface area contributed by atoms with E-state index in [1.165, 1.54) is 0 Å². The number of carboxylic acid groups (broad SMARTS) is 1. The molecular weight excluding hydrogens is 244 g/mol. The molecule has 6 heteroatoms. The first-order valence-corrected chi connectivity index (χ1v) is 6.44. The molecule has 104 valence electrons. The van der Waals surface area contributed by atoms with Crippen LogP contribution in [-0.2, 0) is 4.79 Å². The van der Waals surface area contributed by atoms with E-state index >= 15 is 0 Å². The summed E-state index contributed by atoms with van der Waals surface area (Å²) < 4.78 is 0. The van der Waals surface area contributed by atoms with E-state index in [1.54, 1.807) is 0 Å². The number of aromatic nitrogens is 2. The van der Waals surface area contributed by atoms with Crippen molar-refractivity contribution in [1.82, 2.24) is 9.97 Å². The molecule has 1 aromatic heterocycles. The molecule has 0 bridgehead atoms. The Bertz CT molecular complexity index is 503. The topological polar surface area (TPSA) is 92.3 Å². The molecule has 0 aromatic carbocycles. The van der Waals surface area contributed by atoms with Gasteiger partial charge in [-0.05, 0) is 13.3 Å². The Morgan fingerprint density at radius 3 is 2.74 bits per heavy atom. The fourth-order valence-corrected chi connectivity index (χ4v) is 2.20. The maximum absolute atomic E-state index is 11.2. The Labute approximate surface area is 112 Å². The predicted molar refractivity (Wildman–Crippen MR) is 72.2 cm³/mol. The molecule has 0 amide bonds. The summed E-state index contributed by atoms with van der Waals surface area (Å²) in [5.74, 6) is 0.831. The van der Waals surface area contributed by atoms with Gasteiger partial charge in [0.25, 0.3) is 0 Å². The second-order valence-corrected chi connectivity index (χ2v) is 5.51. The van der Waals surface area contributed by atoms with E-state index in [1.807, 2.05) is 31.7 Å². The van der Waals surface area contributed by atoms with Gasteiger partial charge in [0, 0.05) is 30.8 Å². The third kappa shape index (κ3) is 2.68. The minimum atomic E-state index is -1.17. The first-order valence-electron chi connectivity index (χ1n) is 6.44. The highest BCUT2D eigenvalue weighted by atomic mass is 16.4. The predicted octanol–water partition coefficient (Wildman–Crippen LogP) is 0.901. The Kier molecular flexibility index (Phi) is 3.45. The standard InChI is InChI=1S/C13H20N4O2/c1-8(2)11-15-9(3)6-10(16-11)17-5-4-13(14,7-17)12(18)19/h6,8H,4-5,7,14H2,1-3H3,(H,18,19). The van der Waals surface area contributed by atoms with Crippen LogP contribution in [-0.4, -0.2) is 39.7 Å². The van der Waals surface area contributed by atoms with Gasteiger partial charge >= 0.3 is 5.97 Å². The average molecular weight is 264 g/mol. The van der Waals surface area contributed by atoms with Crippen molar-refractivity contribution in [3.8, 4) is 0 Å². The van der Waals surface area contributed by atoms with Gasteiger partial charge < -0.3 is 15.7 Å². The fraction of sp³-hybridized carbons (Fsp3) is 0.615. The minimum absolute atomic E-state index is 0.239. The lowest BCUT2D eigenvalue weighted by atomic mass is 10.0. The number of aliphatic carboxylic acids is 1. The molecule has 6 nitrogen and oxygen atoms in total. The Hall–Kier alpha value is -1.69. The summed E-state index contributed by atoms with van der Waals surface area (Å²) in [5, 5.41) is 9.15. The molecule has 1 saturated heterocycles. The molecule has 3 N–H and O–H groups in total. The van der Waals surface area contributed by atoms with Gasteiger partial charge in [0.15, 0.2) is 0 Å². The zero-order valence-electron chi connectivity index (χ0n) is 11.6. The maximum atomic E-state index is 11.2. The van der Waals surface area contributed by atoms with Gasteiger partial charge in [-0.3, -0.25) is 4.79 Å². The Morgan fingerprint density at radius 2 is 2.21 bits per heavy atom. The van der Waals surface area contributed by atoms with Crippen LogP contribution in [0.15, 0.2) is 6.07 Å². The summed E-state index contributed by atoms with van der Waals surface area (Å²) in [4.78, 5) is 22.0. The number of nitrogens with zero attached hydrogens (tertiary/aromatic N) is 3. The van der Waals surface area contributed by atoms with Crippen molar-refractivity contribution < 1.29 is 9.90 Å². The molecule has 1 aliphatic heterocycles. The van der Waals surface area contributed by atoms with E-state index in [4.69, 9.17) is 10.8 Å². The van der Waals surface area contributed by atoms with Crippen LogP contribution in [0.3, 0.4) is 0 Å². The third-order valence-electron chi connectivity index (χ3n) is 3.43. The van der Waals surface area contributed by atoms with E-state index in [0.29, 0.717) is 13.0 Å². The lowest BCUT2D eigenvalue weighted by Gasteiger charge is -2.21. The van der Waals surface area contributed by atoms with Gasteiger partial charge in [0.05, 0.1) is 0 Å². The number of carboxylic acids is 1. The second-order valence-electron chi connectivity index (χ2n) is 5.51. The van der Waals surface area contributed by atoms with Crippen LogP contribution in [0.5, 0.6) is 0 Å². The lowest BCUT2D eigenvalue weighted by Crippen LogP contribution is -2.50. The van der Waals surface area contributed by atoms with E-state index in [2.05, 4.69) is 9.97 Å². The van der Waals surface area contributed by atoms with Crippen molar-refractivity contribution in [3.05, 3.63) is 17.6 Å². The summed E-state index contributed by atoms with van der Waals surface area (Å²) in [7, 11) is 0. The highest BCUT2D eigenvalue weighted by Crippen LogP contribution is 2.25. The second kappa shape index (κ2) is 4.77. The number of aryl methyl sites for hydroxylation is 1. The lowest BCUT2D eigenvalue weighted by molar-refractivity contribution is -0.142. The molecule has 1 unspecified atom stereocenters. The highest BCUT2D eigenvalue weighted by Gasteiger charge is 2.41. The van der Waals surface area contributed by atoms with Crippen LogP contribution in [0.1, 0.15) is 37.7 Å². The van der Waals surface area contributed by atoms with Crippen LogP contribution in [0.4, 0.5) is 5.82 Å². The summed E-state index contributed by atoms with van der Waals surface area (Å²) in [6.45, 7) is 6.88. The Morgan fingerprint density at radius 1 is 1.53 bits per heavy atom. The first-order chi connectivity index (χ1) is 8.82. The zero-order chi connectivity index (χ0) is 14.2. The van der Waals surface area contributed by atoms with Gasteiger partial charge in [-0.2, -0.15) is 0 Å². The molecular formula is C13H20N4O2. The highest BCUT2D eigenvalue weighted by molar-refractivity contribution is 5.80. The smallest absolute Gasteiger partial charge is 0.325 e. The summed E-state index contributed by atoms with van der Waals surface area (Å²) in [6.07, 6.45) is 0.433. The Balaban J connectivity index is 2.27. The summed E-state index contributed by atoms with van der Waals surface area (Å²) >= 11 is 0. The molecule has 1 aromatic rings. The van der Waals surface area contributed by atoms with Gasteiger partial charge in [0.1, 0.15) is 17.2 Å². The first kappa shape index (κ1) is 13.7. The van der Waals surface area contributed by atoms with Gasteiger partial charge in [-0.1, -0.05) is 13.8 Å². The normalized spacial score (nSPS) is 23.1. The van der Waals surface area contributed by atoms with Crippen LogP contribution >= 0.6 is 0 Å². The van der Waals surface area contributed by atoms with E-state index in [0.717, 1.165) is 17.3 Å². The maximum Gasteiger partial charge on any atom is 0.325 e. The van der Waals surface area contributed by atoms with Crippen molar-refractivity contribution in [2.45, 2.75) is 38.6 Å². The number of nitrogens with two attached hydrogens (primary N) is 1. The van der Waals surface area contributed by atoms with Crippen LogP contribution < -0.4 is 10.6 Å². The number of anilines is 1. The van der Waals surface area contributed by atoms with Gasteiger partial charge in [-0.15, -0.1) is 0 Å². The molecule has 1 fully saturated rings. The molecule has 0 saturated carbocycles. The molecule has 19 heavy (non-hydrogen) atoms. The molecule has 1 aliphatic rings. The van der Waals surface area contributed by atoms with Crippen LogP contribution in [0.25, 0.3) is 0 Å². The van der Waals surface area contributed by atoms with Crippen molar-refractivity contribution >= 4 is 11.8 Å². The minimum Gasteiger partial charge on any atom is -0.480 e. The third-order valence-corrected chi connectivity index (χ3v) is 3.43. The van der Waals surface area contributed by atoms with Crippen molar-refractivity contribution in [2.75, 3.05) is 18.0 Å². The number of hydrogen-bond acceptors (Lipinski definition) is 5. The van der Waals surface area contributed by atoms with Gasteiger partial charge in [-0.25, -0.2) is 9.97 Å². The number of carbonyl (C=O) groups is 1. The van der Waals surface area contributed by atoms with Crippen molar-refractivity contribution in [1.29, 1.82) is 0 Å². The van der Waals surface area contributed by atoms with Crippen LogP contribution in [0, 0.1) is 6.92 Å². The van der Waals surface area contributed by atoms with Crippen molar-refractivity contribution in [2.24, 2.45) is 5.73 Å². The summed E-state index contributed by atoms with van der Waals surface area (Å²) in [6, 6.07) is 1.87. The molecule has 0 aliphatic carbocycles. The molecule has 0 spiro atoms. The summed E-state index contributed by atoms with van der Waals surface area (Å²) in [5.41, 5.74) is 5.60. The SMILES string of the molecule is Cc1cc(N2CCC(N)(C(=O)O)C2)nc(C(C)C)n1. The molecule has 0 radical (unpaired) electrons. The molecule has 2 rings (SSSR count). The number of rotatable bonds is 3. The largest absolute Gasteiger partial charge is 0.480 e. The molecule has 2 heterocycles. The van der Waals surface area contributed by atoms with E-state index < -0.39 is 11.5 Å². The number of hydrogen-bond donors (Lipinski definition) is 2.